The zero-order chi connectivity index (χ0) is 19.5. The minimum absolute atomic E-state index is 0.00692. The van der Waals surface area contributed by atoms with Crippen LogP contribution < -0.4 is 10.0 Å². The summed E-state index contributed by atoms with van der Waals surface area (Å²) in [5.74, 6) is -0.781. The van der Waals surface area contributed by atoms with E-state index >= 15 is 0 Å². The maximum atomic E-state index is 12.7. The highest BCUT2D eigenvalue weighted by Gasteiger charge is 2.30. The summed E-state index contributed by atoms with van der Waals surface area (Å²) in [7, 11) is -3.91. The molecular formula is C17H17F3N2O3S. The molecule has 0 aliphatic heterocycles. The smallest absolute Gasteiger partial charge is 0.325 e. The summed E-state index contributed by atoms with van der Waals surface area (Å²) in [5, 5.41) is 2.23. The first kappa shape index (κ1) is 19.9. The van der Waals surface area contributed by atoms with E-state index in [4.69, 9.17) is 0 Å². The van der Waals surface area contributed by atoms with Gasteiger partial charge in [0.1, 0.15) is 0 Å². The Bertz CT molecular complexity index is 925. The fourth-order valence-electron chi connectivity index (χ4n) is 2.10. The van der Waals surface area contributed by atoms with Crippen LogP contribution in [0, 0.1) is 13.8 Å². The lowest BCUT2D eigenvalue weighted by Crippen LogP contribution is -2.33. The Morgan fingerprint density at radius 2 is 1.73 bits per heavy atom. The summed E-state index contributed by atoms with van der Waals surface area (Å²) >= 11 is 0. The number of carbonyl (C=O) groups excluding carboxylic acids is 1. The number of rotatable bonds is 5. The minimum atomic E-state index is -4.54. The van der Waals surface area contributed by atoms with Gasteiger partial charge in [-0.3, -0.25) is 4.79 Å². The van der Waals surface area contributed by atoms with Crippen LogP contribution in [-0.2, 0) is 21.0 Å². The van der Waals surface area contributed by atoms with Crippen LogP contribution in [0.1, 0.15) is 16.7 Å². The molecule has 0 fully saturated rings. The second-order valence-corrected chi connectivity index (χ2v) is 7.46. The van der Waals surface area contributed by atoms with Crippen molar-refractivity contribution < 1.29 is 26.4 Å². The van der Waals surface area contributed by atoms with E-state index in [0.29, 0.717) is 0 Å². The quantitative estimate of drug-likeness (QED) is 0.828. The highest BCUT2D eigenvalue weighted by Crippen LogP contribution is 2.30. The third kappa shape index (κ3) is 5.06. The zero-order valence-electron chi connectivity index (χ0n) is 14.0. The standard InChI is InChI=1S/C17H17F3N2O3S/c1-11-6-7-15(8-12(11)2)26(24,25)21-10-16(23)22-14-5-3-4-13(9-14)17(18,19)20/h3-9,21H,10H2,1-2H3,(H,22,23). The van der Waals surface area contributed by atoms with Gasteiger partial charge in [0.05, 0.1) is 17.0 Å². The lowest BCUT2D eigenvalue weighted by Gasteiger charge is -2.11. The van der Waals surface area contributed by atoms with Crippen molar-refractivity contribution in [3.63, 3.8) is 0 Å². The van der Waals surface area contributed by atoms with E-state index in [2.05, 4.69) is 10.0 Å². The van der Waals surface area contributed by atoms with Crippen LogP contribution in [0.3, 0.4) is 0 Å². The molecule has 2 rings (SSSR count). The summed E-state index contributed by atoms with van der Waals surface area (Å²) in [4.78, 5) is 11.9. The molecule has 0 aliphatic rings. The van der Waals surface area contributed by atoms with Gasteiger partial charge in [0.2, 0.25) is 15.9 Å². The normalized spacial score (nSPS) is 12.0. The molecule has 0 atom stereocenters. The van der Waals surface area contributed by atoms with Gasteiger partial charge in [0, 0.05) is 5.69 Å². The Balaban J connectivity index is 2.03. The fourth-order valence-corrected chi connectivity index (χ4v) is 3.17. The average molecular weight is 386 g/mol. The molecule has 140 valence electrons. The van der Waals surface area contributed by atoms with Crippen LogP contribution in [0.5, 0.6) is 0 Å². The molecule has 0 radical (unpaired) electrons. The number of nitrogens with one attached hydrogen (secondary N) is 2. The summed E-state index contributed by atoms with van der Waals surface area (Å²) in [6, 6.07) is 8.61. The summed E-state index contributed by atoms with van der Waals surface area (Å²) in [6.07, 6.45) is -4.54. The van der Waals surface area contributed by atoms with E-state index in [0.717, 1.165) is 29.3 Å². The van der Waals surface area contributed by atoms with Crippen molar-refractivity contribution in [2.75, 3.05) is 11.9 Å². The van der Waals surface area contributed by atoms with Crippen molar-refractivity contribution in [1.29, 1.82) is 0 Å². The molecule has 0 heterocycles. The number of alkyl halides is 3. The van der Waals surface area contributed by atoms with Crippen LogP contribution in [0.25, 0.3) is 0 Å². The summed E-state index contributed by atoms with van der Waals surface area (Å²) in [6.45, 7) is 2.99. The second kappa shape index (κ2) is 7.46. The van der Waals surface area contributed by atoms with Crippen LogP contribution in [0.2, 0.25) is 0 Å². The highest BCUT2D eigenvalue weighted by atomic mass is 32.2. The van der Waals surface area contributed by atoms with Crippen molar-refractivity contribution in [2.45, 2.75) is 24.9 Å². The summed E-state index contributed by atoms with van der Waals surface area (Å²) < 4.78 is 64.5. The second-order valence-electron chi connectivity index (χ2n) is 5.70. The molecule has 2 aromatic rings. The van der Waals surface area contributed by atoms with Crippen LogP contribution in [-0.4, -0.2) is 20.9 Å². The maximum absolute atomic E-state index is 12.7. The number of carbonyl (C=O) groups is 1. The van der Waals surface area contributed by atoms with Gasteiger partial charge < -0.3 is 5.32 Å². The number of benzene rings is 2. The Hall–Kier alpha value is -2.39. The van der Waals surface area contributed by atoms with E-state index in [1.165, 1.54) is 18.2 Å². The topological polar surface area (TPSA) is 75.3 Å². The number of halogens is 3. The van der Waals surface area contributed by atoms with E-state index < -0.39 is 34.2 Å². The highest BCUT2D eigenvalue weighted by molar-refractivity contribution is 7.89. The van der Waals surface area contributed by atoms with Gasteiger partial charge in [0.25, 0.3) is 0 Å². The SMILES string of the molecule is Cc1ccc(S(=O)(=O)NCC(=O)Nc2cccc(C(F)(F)F)c2)cc1C. The van der Waals surface area contributed by atoms with Gasteiger partial charge >= 0.3 is 6.18 Å². The summed E-state index contributed by atoms with van der Waals surface area (Å²) in [5.41, 5.74) is 0.716. The molecule has 1 amide bonds. The van der Waals surface area contributed by atoms with Crippen molar-refractivity contribution in [3.05, 3.63) is 59.2 Å². The Labute approximate surface area is 149 Å². The Morgan fingerprint density at radius 1 is 1.04 bits per heavy atom. The first-order valence-corrected chi connectivity index (χ1v) is 9.01. The van der Waals surface area contributed by atoms with Gasteiger partial charge in [-0.2, -0.15) is 13.2 Å². The predicted molar refractivity (Wildman–Crippen MR) is 91.2 cm³/mol. The van der Waals surface area contributed by atoms with Crippen LogP contribution in [0.15, 0.2) is 47.4 Å². The van der Waals surface area contributed by atoms with Crippen molar-refractivity contribution in [1.82, 2.24) is 4.72 Å². The molecule has 26 heavy (non-hydrogen) atoms. The number of aryl methyl sites for hydroxylation is 2. The molecule has 0 spiro atoms. The largest absolute Gasteiger partial charge is 0.416 e. The Kier molecular flexibility index (Phi) is 5.72. The first-order chi connectivity index (χ1) is 12.0. The molecule has 9 heteroatoms. The van der Waals surface area contributed by atoms with Crippen molar-refractivity contribution in [2.24, 2.45) is 0 Å². The number of hydrogen-bond donors (Lipinski definition) is 2. The fraction of sp³-hybridized carbons (Fsp3) is 0.235. The molecule has 0 saturated heterocycles. The third-order valence-corrected chi connectivity index (χ3v) is 5.08. The van der Waals surface area contributed by atoms with Crippen molar-refractivity contribution >= 4 is 21.6 Å². The molecule has 0 aromatic heterocycles. The van der Waals surface area contributed by atoms with Crippen LogP contribution >= 0.6 is 0 Å². The van der Waals surface area contributed by atoms with Crippen molar-refractivity contribution in [3.8, 4) is 0 Å². The molecule has 0 aliphatic carbocycles. The third-order valence-electron chi connectivity index (χ3n) is 3.69. The molecule has 0 bridgehead atoms. The van der Waals surface area contributed by atoms with E-state index in [9.17, 15) is 26.4 Å². The molecule has 0 unspecified atom stereocenters. The molecule has 2 aromatic carbocycles. The van der Waals surface area contributed by atoms with Gasteiger partial charge in [-0.1, -0.05) is 12.1 Å². The molecule has 2 N–H and O–H groups in total. The number of amides is 1. The number of sulfonamides is 1. The lowest BCUT2D eigenvalue weighted by atomic mass is 10.1. The Morgan fingerprint density at radius 3 is 2.35 bits per heavy atom. The lowest BCUT2D eigenvalue weighted by molar-refractivity contribution is -0.137. The molecule has 5 nitrogen and oxygen atoms in total. The van der Waals surface area contributed by atoms with Gasteiger partial charge in [-0.25, -0.2) is 13.1 Å². The predicted octanol–water partition coefficient (Wildman–Crippen LogP) is 3.24. The number of hydrogen-bond acceptors (Lipinski definition) is 3. The zero-order valence-corrected chi connectivity index (χ0v) is 14.8. The van der Waals surface area contributed by atoms with E-state index in [1.54, 1.807) is 13.0 Å². The molecular weight excluding hydrogens is 369 g/mol. The number of anilines is 1. The maximum Gasteiger partial charge on any atom is 0.416 e. The van der Waals surface area contributed by atoms with Gasteiger partial charge in [0.15, 0.2) is 0 Å². The van der Waals surface area contributed by atoms with E-state index in [-0.39, 0.29) is 10.6 Å². The first-order valence-electron chi connectivity index (χ1n) is 7.53. The van der Waals surface area contributed by atoms with Crippen LogP contribution in [0.4, 0.5) is 18.9 Å². The van der Waals surface area contributed by atoms with Gasteiger partial charge in [-0.05, 0) is 55.3 Å². The van der Waals surface area contributed by atoms with Gasteiger partial charge in [-0.15, -0.1) is 0 Å². The monoisotopic (exact) mass is 386 g/mol. The van der Waals surface area contributed by atoms with E-state index in [1.807, 2.05) is 6.92 Å². The minimum Gasteiger partial charge on any atom is -0.325 e. The average Bonchev–Trinajstić information content (AvgIpc) is 2.55. The molecule has 0 saturated carbocycles.